The minimum Gasteiger partial charge on any atom is -0.463 e. The molecular formula is C11H21NO5. The highest BCUT2D eigenvalue weighted by Gasteiger charge is 2.29. The molecule has 0 amide bonds. The fourth-order valence-electron chi connectivity index (χ4n) is 1.59. The Morgan fingerprint density at radius 1 is 1.35 bits per heavy atom. The van der Waals surface area contributed by atoms with Gasteiger partial charge in [-0.05, 0) is 6.92 Å². The molecule has 1 heterocycles. The van der Waals surface area contributed by atoms with E-state index in [1.807, 2.05) is 4.90 Å². The predicted octanol–water partition coefficient (Wildman–Crippen LogP) is -0.129. The van der Waals surface area contributed by atoms with Crippen LogP contribution in [0.15, 0.2) is 0 Å². The third-order valence-electron chi connectivity index (χ3n) is 2.43. The Balaban J connectivity index is 2.47. The number of carbonyl (C=O) groups excluding carboxylic acids is 1. The Morgan fingerprint density at radius 2 is 2.06 bits per heavy atom. The third kappa shape index (κ3) is 4.99. The van der Waals surface area contributed by atoms with Gasteiger partial charge in [-0.1, -0.05) is 0 Å². The molecule has 1 rings (SSSR count). The van der Waals surface area contributed by atoms with Crippen molar-refractivity contribution in [2.75, 3.05) is 53.2 Å². The summed E-state index contributed by atoms with van der Waals surface area (Å²) in [5, 5.41) is 0. The molecule has 0 bridgehead atoms. The summed E-state index contributed by atoms with van der Waals surface area (Å²) < 4.78 is 20.6. The lowest BCUT2D eigenvalue weighted by atomic mass is 10.4. The summed E-state index contributed by atoms with van der Waals surface area (Å²) in [5.74, 6) is -0.342. The van der Waals surface area contributed by atoms with Gasteiger partial charge in [0.05, 0.1) is 33.0 Å². The molecule has 0 aromatic heterocycles. The molecule has 1 aliphatic heterocycles. The van der Waals surface area contributed by atoms with Crippen LogP contribution in [0.1, 0.15) is 6.92 Å². The molecule has 1 unspecified atom stereocenters. The van der Waals surface area contributed by atoms with E-state index in [2.05, 4.69) is 0 Å². The van der Waals surface area contributed by atoms with E-state index in [4.69, 9.17) is 18.9 Å². The fraction of sp³-hybridized carbons (Fsp3) is 0.909. The molecule has 100 valence electrons. The minimum absolute atomic E-state index is 0.342. The first kappa shape index (κ1) is 14.4. The highest BCUT2D eigenvalue weighted by atomic mass is 16.6. The molecule has 1 fully saturated rings. The fourth-order valence-corrected chi connectivity index (χ4v) is 1.59. The average molecular weight is 247 g/mol. The summed E-state index contributed by atoms with van der Waals surface area (Å²) in [7, 11) is 1.59. The number of ether oxygens (including phenoxy) is 4. The summed E-state index contributed by atoms with van der Waals surface area (Å²) in [4.78, 5) is 13.7. The average Bonchev–Trinajstić information content (AvgIpc) is 2.36. The van der Waals surface area contributed by atoms with E-state index in [0.29, 0.717) is 46.1 Å². The second-order valence-corrected chi connectivity index (χ2v) is 3.62. The SMILES string of the molecule is CCOC(=O)C(OCCOC)N1CCOCC1. The van der Waals surface area contributed by atoms with Crippen molar-refractivity contribution in [2.24, 2.45) is 0 Å². The van der Waals surface area contributed by atoms with Crippen LogP contribution in [-0.2, 0) is 23.7 Å². The molecule has 0 aromatic carbocycles. The number of rotatable bonds is 7. The summed E-state index contributed by atoms with van der Waals surface area (Å²) in [6.07, 6.45) is -0.644. The topological polar surface area (TPSA) is 57.2 Å². The Morgan fingerprint density at radius 3 is 2.65 bits per heavy atom. The van der Waals surface area contributed by atoms with Crippen LogP contribution in [0, 0.1) is 0 Å². The lowest BCUT2D eigenvalue weighted by Gasteiger charge is -2.32. The first-order chi connectivity index (χ1) is 8.29. The Kier molecular flexibility index (Phi) is 7.11. The van der Waals surface area contributed by atoms with Gasteiger partial charge in [0.15, 0.2) is 0 Å². The molecule has 1 saturated heterocycles. The lowest BCUT2D eigenvalue weighted by Crippen LogP contribution is -2.49. The van der Waals surface area contributed by atoms with Crippen molar-refractivity contribution in [1.29, 1.82) is 0 Å². The number of carbonyl (C=O) groups is 1. The van der Waals surface area contributed by atoms with Crippen LogP contribution in [0.5, 0.6) is 0 Å². The van der Waals surface area contributed by atoms with Crippen molar-refractivity contribution >= 4 is 5.97 Å². The predicted molar refractivity (Wildman–Crippen MR) is 60.6 cm³/mol. The van der Waals surface area contributed by atoms with Crippen LogP contribution < -0.4 is 0 Å². The van der Waals surface area contributed by atoms with E-state index in [1.54, 1.807) is 14.0 Å². The maximum atomic E-state index is 11.8. The molecular weight excluding hydrogens is 226 g/mol. The van der Waals surface area contributed by atoms with Gasteiger partial charge in [0.25, 0.3) is 0 Å². The number of morpholine rings is 1. The van der Waals surface area contributed by atoms with Gasteiger partial charge in [0, 0.05) is 20.2 Å². The van der Waals surface area contributed by atoms with Crippen molar-refractivity contribution < 1.29 is 23.7 Å². The molecule has 0 spiro atoms. The van der Waals surface area contributed by atoms with E-state index in [9.17, 15) is 4.79 Å². The zero-order chi connectivity index (χ0) is 12.5. The minimum atomic E-state index is -0.644. The molecule has 0 aliphatic carbocycles. The quantitative estimate of drug-likeness (QED) is 0.461. The van der Waals surface area contributed by atoms with Crippen LogP contribution in [0.2, 0.25) is 0 Å². The molecule has 6 heteroatoms. The van der Waals surface area contributed by atoms with Gasteiger partial charge in [-0.25, -0.2) is 4.79 Å². The van der Waals surface area contributed by atoms with Crippen molar-refractivity contribution in [3.8, 4) is 0 Å². The molecule has 0 saturated carbocycles. The Bertz CT molecular complexity index is 218. The van der Waals surface area contributed by atoms with Crippen LogP contribution >= 0.6 is 0 Å². The normalized spacial score (nSPS) is 18.9. The van der Waals surface area contributed by atoms with Gasteiger partial charge in [-0.3, -0.25) is 4.90 Å². The summed E-state index contributed by atoms with van der Waals surface area (Å²) in [6, 6.07) is 0. The van der Waals surface area contributed by atoms with Crippen molar-refractivity contribution in [2.45, 2.75) is 13.2 Å². The van der Waals surface area contributed by atoms with Crippen molar-refractivity contribution in [1.82, 2.24) is 4.90 Å². The van der Waals surface area contributed by atoms with Crippen molar-refractivity contribution in [3.63, 3.8) is 0 Å². The second kappa shape index (κ2) is 8.41. The van der Waals surface area contributed by atoms with E-state index in [1.165, 1.54) is 0 Å². The molecule has 1 atom stereocenters. The number of hydrogen-bond acceptors (Lipinski definition) is 6. The first-order valence-electron chi connectivity index (χ1n) is 5.88. The van der Waals surface area contributed by atoms with Gasteiger partial charge in [-0.2, -0.15) is 0 Å². The highest BCUT2D eigenvalue weighted by Crippen LogP contribution is 2.07. The van der Waals surface area contributed by atoms with Crippen LogP contribution in [0.25, 0.3) is 0 Å². The largest absolute Gasteiger partial charge is 0.463 e. The van der Waals surface area contributed by atoms with Gasteiger partial charge in [0.2, 0.25) is 6.23 Å². The van der Waals surface area contributed by atoms with E-state index in [-0.39, 0.29) is 5.97 Å². The van der Waals surface area contributed by atoms with E-state index < -0.39 is 6.23 Å². The van der Waals surface area contributed by atoms with E-state index >= 15 is 0 Å². The van der Waals surface area contributed by atoms with Crippen LogP contribution in [0.3, 0.4) is 0 Å². The summed E-state index contributed by atoms with van der Waals surface area (Å²) in [6.45, 7) is 5.55. The van der Waals surface area contributed by atoms with Gasteiger partial charge in [0.1, 0.15) is 0 Å². The summed E-state index contributed by atoms with van der Waals surface area (Å²) >= 11 is 0. The maximum Gasteiger partial charge on any atom is 0.350 e. The molecule has 17 heavy (non-hydrogen) atoms. The first-order valence-corrected chi connectivity index (χ1v) is 5.88. The smallest absolute Gasteiger partial charge is 0.350 e. The zero-order valence-electron chi connectivity index (χ0n) is 10.5. The number of esters is 1. The van der Waals surface area contributed by atoms with Crippen LogP contribution in [-0.4, -0.2) is 70.3 Å². The molecule has 0 radical (unpaired) electrons. The maximum absolute atomic E-state index is 11.8. The zero-order valence-corrected chi connectivity index (χ0v) is 10.5. The number of hydrogen-bond donors (Lipinski definition) is 0. The molecule has 0 aromatic rings. The Hall–Kier alpha value is -0.690. The number of nitrogens with zero attached hydrogens (tertiary/aromatic N) is 1. The van der Waals surface area contributed by atoms with Gasteiger partial charge in [-0.15, -0.1) is 0 Å². The van der Waals surface area contributed by atoms with Gasteiger partial charge < -0.3 is 18.9 Å². The lowest BCUT2D eigenvalue weighted by molar-refractivity contribution is -0.177. The standard InChI is InChI=1S/C11H21NO5/c1-3-16-11(13)10(17-9-8-14-2)12-4-6-15-7-5-12/h10H,3-9H2,1-2H3. The second-order valence-electron chi connectivity index (χ2n) is 3.62. The van der Waals surface area contributed by atoms with Crippen LogP contribution in [0.4, 0.5) is 0 Å². The van der Waals surface area contributed by atoms with E-state index in [0.717, 1.165) is 0 Å². The van der Waals surface area contributed by atoms with Gasteiger partial charge >= 0.3 is 5.97 Å². The number of methoxy groups -OCH3 is 1. The molecule has 0 N–H and O–H groups in total. The summed E-state index contributed by atoms with van der Waals surface area (Å²) in [5.41, 5.74) is 0. The monoisotopic (exact) mass is 247 g/mol. The van der Waals surface area contributed by atoms with Crippen molar-refractivity contribution in [3.05, 3.63) is 0 Å². The third-order valence-corrected chi connectivity index (χ3v) is 2.43. The molecule has 6 nitrogen and oxygen atoms in total. The molecule has 1 aliphatic rings. The Labute approximate surface area is 102 Å². The highest BCUT2D eigenvalue weighted by molar-refractivity contribution is 5.74.